The highest BCUT2D eigenvalue weighted by Crippen LogP contribution is 2.37. The van der Waals surface area contributed by atoms with Crippen molar-refractivity contribution in [1.29, 1.82) is 0 Å². The van der Waals surface area contributed by atoms with E-state index in [1.54, 1.807) is 29.2 Å². The Kier molecular flexibility index (Phi) is 4.28. The first-order chi connectivity index (χ1) is 14.9. The zero-order valence-electron chi connectivity index (χ0n) is 17.0. The fourth-order valence-corrected chi connectivity index (χ4v) is 4.09. The van der Waals surface area contributed by atoms with Crippen LogP contribution in [0.25, 0.3) is 33.1 Å². The number of amides is 1. The van der Waals surface area contributed by atoms with Crippen LogP contribution in [0, 0.1) is 12.7 Å². The molecule has 0 fully saturated rings. The summed E-state index contributed by atoms with van der Waals surface area (Å²) in [4.78, 5) is 25.6. The second-order valence-corrected chi connectivity index (χ2v) is 7.45. The van der Waals surface area contributed by atoms with Crippen LogP contribution in [0.15, 0.2) is 55.0 Å². The van der Waals surface area contributed by atoms with E-state index < -0.39 is 11.7 Å². The van der Waals surface area contributed by atoms with E-state index in [0.29, 0.717) is 27.9 Å². The molecule has 0 unspecified atom stereocenters. The number of rotatable bonds is 4. The molecule has 0 aliphatic carbocycles. The Bertz CT molecular complexity index is 1470. The second-order valence-electron chi connectivity index (χ2n) is 7.45. The molecule has 7 nitrogen and oxygen atoms in total. The molecule has 0 atom stereocenters. The summed E-state index contributed by atoms with van der Waals surface area (Å²) in [6.45, 7) is 2.20. The Balaban J connectivity index is 1.82. The van der Waals surface area contributed by atoms with E-state index in [9.17, 15) is 9.18 Å². The van der Waals surface area contributed by atoms with Crippen LogP contribution in [0.2, 0.25) is 0 Å². The van der Waals surface area contributed by atoms with Crippen LogP contribution in [-0.4, -0.2) is 30.0 Å². The summed E-state index contributed by atoms with van der Waals surface area (Å²) in [5, 5.41) is 0.602. The first kappa shape index (κ1) is 18.9. The maximum Gasteiger partial charge on any atom is 0.266 e. The van der Waals surface area contributed by atoms with E-state index >= 15 is 0 Å². The molecule has 0 bridgehead atoms. The van der Waals surface area contributed by atoms with Crippen molar-refractivity contribution in [2.24, 2.45) is 12.8 Å². The van der Waals surface area contributed by atoms with Gasteiger partial charge in [-0.1, -0.05) is 6.07 Å². The maximum atomic E-state index is 14.2. The number of imidazole rings is 1. The number of hydrogen-bond donors (Lipinski definition) is 1. The Morgan fingerprint density at radius 1 is 1.13 bits per heavy atom. The fourth-order valence-electron chi connectivity index (χ4n) is 4.09. The van der Waals surface area contributed by atoms with Crippen LogP contribution >= 0.6 is 0 Å². The molecule has 3 aromatic heterocycles. The quantitative estimate of drug-likeness (QED) is 0.487. The van der Waals surface area contributed by atoms with Gasteiger partial charge in [-0.2, -0.15) is 0 Å². The van der Waals surface area contributed by atoms with Crippen LogP contribution < -0.4 is 5.73 Å². The van der Waals surface area contributed by atoms with Crippen LogP contribution in [0.5, 0.6) is 0 Å². The summed E-state index contributed by atoms with van der Waals surface area (Å²) < 4.78 is 18.0. The van der Waals surface area contributed by atoms with Crippen LogP contribution in [-0.2, 0) is 13.6 Å². The van der Waals surface area contributed by atoms with E-state index in [2.05, 4.69) is 15.0 Å². The Morgan fingerprint density at radius 3 is 2.68 bits per heavy atom. The molecule has 0 aliphatic rings. The van der Waals surface area contributed by atoms with Crippen molar-refractivity contribution in [3.8, 4) is 11.1 Å². The van der Waals surface area contributed by atoms with Crippen LogP contribution in [0.3, 0.4) is 0 Å². The molecule has 5 aromatic rings. The molecule has 154 valence electrons. The molecule has 5 rings (SSSR count). The predicted octanol–water partition coefficient (Wildman–Crippen LogP) is 3.58. The molecule has 3 heterocycles. The number of carbonyl (C=O) groups is 1. The lowest BCUT2D eigenvalue weighted by atomic mass is 10.0. The molecular weight excluding hydrogens is 395 g/mol. The topological polar surface area (TPSA) is 91.6 Å². The van der Waals surface area contributed by atoms with Gasteiger partial charge in [0, 0.05) is 35.9 Å². The zero-order valence-corrected chi connectivity index (χ0v) is 17.0. The van der Waals surface area contributed by atoms with Gasteiger partial charge in [0.25, 0.3) is 5.91 Å². The first-order valence-corrected chi connectivity index (χ1v) is 9.74. The average molecular weight is 414 g/mol. The monoisotopic (exact) mass is 414 g/mol. The standard InChI is InChI=1S/C23H19FN6O/c1-13-28-18-9-14(3-5-20(18)29(13)2)21-17-10-15(24)4-6-19(17)30(22(21)23(25)31)12-16-11-26-7-8-27-16/h3-11H,12H2,1-2H3,(H2,25,31). The van der Waals surface area contributed by atoms with Gasteiger partial charge < -0.3 is 14.9 Å². The van der Waals surface area contributed by atoms with Crippen molar-refractivity contribution in [3.05, 3.63) is 78.0 Å². The third kappa shape index (κ3) is 3.04. The van der Waals surface area contributed by atoms with Crippen molar-refractivity contribution in [1.82, 2.24) is 24.1 Å². The summed E-state index contributed by atoms with van der Waals surface area (Å²) in [5.41, 5.74) is 10.6. The predicted molar refractivity (Wildman–Crippen MR) is 116 cm³/mol. The lowest BCUT2D eigenvalue weighted by molar-refractivity contribution is 0.0993. The van der Waals surface area contributed by atoms with Crippen molar-refractivity contribution in [2.45, 2.75) is 13.5 Å². The van der Waals surface area contributed by atoms with E-state index in [1.807, 2.05) is 36.7 Å². The number of nitrogens with zero attached hydrogens (tertiary/aromatic N) is 5. The SMILES string of the molecule is Cc1nc2cc(-c3c(C(N)=O)n(Cc4cnccn4)c4ccc(F)cc34)ccc2n1C. The van der Waals surface area contributed by atoms with Crippen molar-refractivity contribution >= 4 is 27.8 Å². The number of fused-ring (bicyclic) bond motifs is 2. The summed E-state index contributed by atoms with van der Waals surface area (Å²) in [7, 11) is 1.95. The van der Waals surface area contributed by atoms with Crippen molar-refractivity contribution < 1.29 is 9.18 Å². The molecule has 1 amide bonds. The highest BCUT2D eigenvalue weighted by Gasteiger charge is 2.24. The number of carbonyl (C=O) groups excluding carboxylic acids is 1. The minimum Gasteiger partial charge on any atom is -0.364 e. The summed E-state index contributed by atoms with van der Waals surface area (Å²) >= 11 is 0. The number of primary amides is 1. The normalized spacial score (nSPS) is 11.5. The summed E-state index contributed by atoms with van der Waals surface area (Å²) in [6, 6.07) is 10.2. The third-order valence-corrected chi connectivity index (χ3v) is 5.59. The minimum absolute atomic E-state index is 0.277. The van der Waals surface area contributed by atoms with Gasteiger partial charge in [-0.15, -0.1) is 0 Å². The highest BCUT2D eigenvalue weighted by molar-refractivity contribution is 6.10. The second kappa shape index (κ2) is 7.02. The molecule has 2 N–H and O–H groups in total. The van der Waals surface area contributed by atoms with Crippen molar-refractivity contribution in [2.75, 3.05) is 0 Å². The largest absolute Gasteiger partial charge is 0.364 e. The molecule has 0 saturated carbocycles. The van der Waals surface area contributed by atoms with Gasteiger partial charge in [-0.05, 0) is 42.8 Å². The Labute approximate surface area is 177 Å². The number of benzene rings is 2. The summed E-state index contributed by atoms with van der Waals surface area (Å²) in [5.74, 6) is -0.123. The van der Waals surface area contributed by atoms with Crippen LogP contribution in [0.4, 0.5) is 4.39 Å². The molecule has 8 heteroatoms. The van der Waals surface area contributed by atoms with Gasteiger partial charge in [0.2, 0.25) is 0 Å². The molecule has 0 saturated heterocycles. The lowest BCUT2D eigenvalue weighted by Gasteiger charge is -2.09. The fraction of sp³-hybridized carbons (Fsp3) is 0.130. The van der Waals surface area contributed by atoms with E-state index in [-0.39, 0.29) is 6.54 Å². The molecular formula is C23H19FN6O. The van der Waals surface area contributed by atoms with Crippen LogP contribution in [0.1, 0.15) is 22.0 Å². The molecule has 31 heavy (non-hydrogen) atoms. The van der Waals surface area contributed by atoms with Gasteiger partial charge in [-0.25, -0.2) is 9.37 Å². The molecule has 2 aromatic carbocycles. The Morgan fingerprint density at radius 2 is 1.94 bits per heavy atom. The highest BCUT2D eigenvalue weighted by atomic mass is 19.1. The van der Waals surface area contributed by atoms with Gasteiger partial charge in [-0.3, -0.25) is 14.8 Å². The van der Waals surface area contributed by atoms with E-state index in [1.165, 1.54) is 12.1 Å². The molecule has 0 spiro atoms. The lowest BCUT2D eigenvalue weighted by Crippen LogP contribution is -2.18. The number of hydrogen-bond acceptors (Lipinski definition) is 4. The first-order valence-electron chi connectivity index (χ1n) is 9.74. The molecule has 0 radical (unpaired) electrons. The average Bonchev–Trinajstić information content (AvgIpc) is 3.22. The number of nitrogens with two attached hydrogens (primary N) is 1. The van der Waals surface area contributed by atoms with E-state index in [0.717, 1.165) is 22.4 Å². The summed E-state index contributed by atoms with van der Waals surface area (Å²) in [6.07, 6.45) is 4.79. The maximum absolute atomic E-state index is 14.2. The molecule has 0 aliphatic heterocycles. The Hall–Kier alpha value is -4.07. The van der Waals surface area contributed by atoms with Crippen molar-refractivity contribution in [3.63, 3.8) is 0 Å². The van der Waals surface area contributed by atoms with Gasteiger partial charge in [0.15, 0.2) is 0 Å². The minimum atomic E-state index is -0.604. The number of aryl methyl sites for hydroxylation is 2. The van der Waals surface area contributed by atoms with Gasteiger partial charge >= 0.3 is 0 Å². The smallest absolute Gasteiger partial charge is 0.266 e. The van der Waals surface area contributed by atoms with E-state index in [4.69, 9.17) is 5.73 Å². The number of halogens is 1. The third-order valence-electron chi connectivity index (χ3n) is 5.59. The van der Waals surface area contributed by atoms with Gasteiger partial charge in [0.05, 0.1) is 29.5 Å². The zero-order chi connectivity index (χ0) is 21.7. The number of aromatic nitrogens is 5. The van der Waals surface area contributed by atoms with Gasteiger partial charge in [0.1, 0.15) is 17.3 Å².